The van der Waals surface area contributed by atoms with Crippen molar-refractivity contribution in [2.75, 3.05) is 6.61 Å². The van der Waals surface area contributed by atoms with Gasteiger partial charge in [0.15, 0.2) is 17.3 Å². The average Bonchev–Trinajstić information content (AvgIpc) is 2.94. The summed E-state index contributed by atoms with van der Waals surface area (Å²) in [4.78, 5) is 35.5. The van der Waals surface area contributed by atoms with Gasteiger partial charge in [0.2, 0.25) is 0 Å². The third kappa shape index (κ3) is 14.3. The number of carbonyl (C=O) groups is 3. The quantitative estimate of drug-likeness (QED) is 0.0618. The number of hydrogen-bond acceptors (Lipinski definition) is 8. The molecule has 0 radical (unpaired) electrons. The van der Waals surface area contributed by atoms with E-state index in [1.807, 2.05) is 30.3 Å². The fourth-order valence-electron chi connectivity index (χ4n) is 5.09. The molecule has 0 bridgehead atoms. The minimum Gasteiger partial charge on any atom is -0.508 e. The Labute approximate surface area is 275 Å². The molecular weight excluding hydrogens is 600 g/mol. The van der Waals surface area contributed by atoms with Gasteiger partial charge in [-0.1, -0.05) is 50.8 Å². The first kappa shape index (κ1) is 38.1. The first-order valence-corrected chi connectivity index (χ1v) is 17.9. The minimum atomic E-state index is -3.72. The van der Waals surface area contributed by atoms with Crippen LogP contribution in [-0.2, 0) is 34.1 Å². The van der Waals surface area contributed by atoms with Crippen LogP contribution in [-0.4, -0.2) is 37.9 Å². The van der Waals surface area contributed by atoms with E-state index in [1.165, 1.54) is 64.7 Å². The molecule has 2 aromatic carbocycles. The van der Waals surface area contributed by atoms with Crippen LogP contribution in [0.1, 0.15) is 92.6 Å². The summed E-state index contributed by atoms with van der Waals surface area (Å²) < 4.78 is 24.8. The Kier molecular flexibility index (Phi) is 16.1. The molecule has 0 aliphatic heterocycles. The maximum Gasteiger partial charge on any atom is 0.698 e. The molecule has 0 spiro atoms. The number of benzene rings is 2. The normalized spacial score (nSPS) is 13.5. The first-order valence-electron chi connectivity index (χ1n) is 16.0. The number of carbonyl (C=O) groups excluding carboxylic acids is 3. The van der Waals surface area contributed by atoms with Gasteiger partial charge in [0.1, 0.15) is 11.5 Å². The fourth-order valence-corrected chi connectivity index (χ4v) is 7.78. The summed E-state index contributed by atoms with van der Waals surface area (Å²) >= 11 is 0. The van der Waals surface area contributed by atoms with Crippen LogP contribution < -0.4 is 4.74 Å². The summed E-state index contributed by atoms with van der Waals surface area (Å²) in [6, 6.07) is 13.5. The Morgan fingerprint density at radius 2 is 1.22 bits per heavy atom. The summed E-state index contributed by atoms with van der Waals surface area (Å²) in [7, 11) is -3.72. The molecule has 0 aliphatic carbocycles. The molecule has 0 aromatic heterocycles. The molecule has 0 saturated heterocycles. The maximum absolute atomic E-state index is 11.8. The molecule has 0 saturated carbocycles. The van der Waals surface area contributed by atoms with Crippen LogP contribution in [0.3, 0.4) is 0 Å². The number of ether oxygens (including phenoxy) is 1. The number of unbranched alkanes of at least 4 members (excludes halogenated alkanes) is 4. The number of rotatable bonds is 21. The predicted molar refractivity (Wildman–Crippen MR) is 183 cm³/mol. The van der Waals surface area contributed by atoms with E-state index in [0.29, 0.717) is 36.7 Å². The van der Waals surface area contributed by atoms with Gasteiger partial charge in [0, 0.05) is 18.2 Å². The van der Waals surface area contributed by atoms with E-state index in [0.717, 1.165) is 28.9 Å². The summed E-state index contributed by atoms with van der Waals surface area (Å²) in [5, 5.41) is 10.4. The molecule has 0 fully saturated rings. The number of aromatic hydroxyl groups is 1. The van der Waals surface area contributed by atoms with E-state index in [9.17, 15) is 19.5 Å². The summed E-state index contributed by atoms with van der Waals surface area (Å²) in [5.74, 6) is 1.24. The molecular formula is C37H50O8Si. The highest BCUT2D eigenvalue weighted by atomic mass is 28.4. The van der Waals surface area contributed by atoms with Crippen molar-refractivity contribution in [3.05, 3.63) is 83.5 Å². The SMILES string of the molecule is CCCCCCCOc1ccc(-c2ccc(O)cc2CCC[Si](OC(C)=CC(C)=O)(OC(C)=CC(C)=O)OC(C)=CC(C)=O)cc1. The molecule has 46 heavy (non-hydrogen) atoms. The second-order valence-electron chi connectivity index (χ2n) is 11.6. The van der Waals surface area contributed by atoms with Crippen molar-refractivity contribution in [2.24, 2.45) is 0 Å². The van der Waals surface area contributed by atoms with Crippen molar-refractivity contribution in [1.29, 1.82) is 0 Å². The molecule has 8 nitrogen and oxygen atoms in total. The Balaban J connectivity index is 2.34. The predicted octanol–water partition coefficient (Wildman–Crippen LogP) is 8.81. The molecule has 250 valence electrons. The molecule has 2 aromatic rings. The molecule has 2 rings (SSSR count). The first-order chi connectivity index (χ1) is 21.8. The average molecular weight is 651 g/mol. The smallest absolute Gasteiger partial charge is 0.508 e. The largest absolute Gasteiger partial charge is 0.698 e. The van der Waals surface area contributed by atoms with Crippen LogP contribution >= 0.6 is 0 Å². The molecule has 0 amide bonds. The third-order valence-corrected chi connectivity index (χ3v) is 9.73. The van der Waals surface area contributed by atoms with E-state index in [1.54, 1.807) is 32.9 Å². The highest BCUT2D eigenvalue weighted by Gasteiger charge is 2.49. The van der Waals surface area contributed by atoms with Gasteiger partial charge in [-0.3, -0.25) is 14.4 Å². The fraction of sp³-hybridized carbons (Fsp3) is 0.432. The molecule has 9 heteroatoms. The molecule has 0 atom stereocenters. The van der Waals surface area contributed by atoms with Crippen molar-refractivity contribution in [2.45, 2.75) is 99.5 Å². The van der Waals surface area contributed by atoms with Crippen LogP contribution in [0.4, 0.5) is 0 Å². The van der Waals surface area contributed by atoms with Gasteiger partial charge in [-0.15, -0.1) is 0 Å². The van der Waals surface area contributed by atoms with Crippen molar-refractivity contribution >= 4 is 26.2 Å². The monoisotopic (exact) mass is 650 g/mol. The van der Waals surface area contributed by atoms with E-state index in [-0.39, 0.29) is 29.1 Å². The van der Waals surface area contributed by atoms with Gasteiger partial charge in [0.25, 0.3) is 0 Å². The van der Waals surface area contributed by atoms with Gasteiger partial charge < -0.3 is 23.1 Å². The van der Waals surface area contributed by atoms with Gasteiger partial charge >= 0.3 is 8.80 Å². The highest BCUT2D eigenvalue weighted by Crippen LogP contribution is 2.32. The zero-order valence-electron chi connectivity index (χ0n) is 28.4. The van der Waals surface area contributed by atoms with Crippen molar-refractivity contribution in [3.8, 4) is 22.6 Å². The minimum absolute atomic E-state index is 0.148. The van der Waals surface area contributed by atoms with Crippen molar-refractivity contribution < 1.29 is 37.5 Å². The second-order valence-corrected chi connectivity index (χ2v) is 14.0. The number of allylic oxidation sites excluding steroid dienone is 6. The zero-order chi connectivity index (χ0) is 34.1. The number of ketones is 3. The Morgan fingerprint density at radius 1 is 0.696 bits per heavy atom. The number of phenols is 1. The van der Waals surface area contributed by atoms with Crippen LogP contribution in [0.5, 0.6) is 11.5 Å². The third-order valence-electron chi connectivity index (χ3n) is 6.87. The van der Waals surface area contributed by atoms with Crippen molar-refractivity contribution in [1.82, 2.24) is 0 Å². The van der Waals surface area contributed by atoms with Gasteiger partial charge in [-0.25, -0.2) is 0 Å². The lowest BCUT2D eigenvalue weighted by atomic mass is 9.96. The number of aryl methyl sites for hydroxylation is 1. The van der Waals surface area contributed by atoms with E-state index in [4.69, 9.17) is 18.0 Å². The summed E-state index contributed by atoms with van der Waals surface area (Å²) in [5.41, 5.74) is 2.86. The highest BCUT2D eigenvalue weighted by molar-refractivity contribution is 6.61. The number of hydrogen-bond donors (Lipinski definition) is 1. The summed E-state index contributed by atoms with van der Waals surface area (Å²) in [6.07, 6.45) is 11.0. The van der Waals surface area contributed by atoms with Crippen LogP contribution in [0.25, 0.3) is 11.1 Å². The Morgan fingerprint density at radius 3 is 1.72 bits per heavy atom. The van der Waals surface area contributed by atoms with Gasteiger partial charge in [-0.05, 0) is 102 Å². The summed E-state index contributed by atoms with van der Waals surface area (Å²) in [6.45, 7) is 12.0. The Bertz CT molecular complexity index is 1330. The zero-order valence-corrected chi connectivity index (χ0v) is 29.4. The van der Waals surface area contributed by atoms with E-state index in [2.05, 4.69) is 6.92 Å². The van der Waals surface area contributed by atoms with Crippen LogP contribution in [0.2, 0.25) is 6.04 Å². The van der Waals surface area contributed by atoms with Crippen LogP contribution in [0.15, 0.2) is 78.0 Å². The lowest BCUT2D eigenvalue weighted by Crippen LogP contribution is -2.44. The van der Waals surface area contributed by atoms with E-state index < -0.39 is 8.80 Å². The van der Waals surface area contributed by atoms with Crippen LogP contribution in [0, 0.1) is 0 Å². The number of phenolic OH excluding ortho intramolecular Hbond substituents is 1. The lowest BCUT2D eigenvalue weighted by Gasteiger charge is -2.31. The molecule has 0 heterocycles. The Hall–Kier alpha value is -4.11. The van der Waals surface area contributed by atoms with E-state index >= 15 is 0 Å². The second kappa shape index (κ2) is 19.4. The maximum atomic E-state index is 11.8. The lowest BCUT2D eigenvalue weighted by molar-refractivity contribution is -0.113. The van der Waals surface area contributed by atoms with Crippen molar-refractivity contribution in [3.63, 3.8) is 0 Å². The topological polar surface area (TPSA) is 108 Å². The molecule has 1 N–H and O–H groups in total. The molecule has 0 aliphatic rings. The van der Waals surface area contributed by atoms with Gasteiger partial charge in [0.05, 0.1) is 29.9 Å². The van der Waals surface area contributed by atoms with Gasteiger partial charge in [-0.2, -0.15) is 0 Å². The standard InChI is InChI=1S/C37H50O8Si/c1-8-9-10-11-12-21-42-36-18-15-33(16-19-36)37-20-17-35(41)26-34(37)14-13-22-46(43-30(5)23-27(2)38,44-31(6)24-28(3)39)45-32(7)25-29(4)40/h15-20,23-26,41H,8-14,21-22H2,1-7H3. The molecule has 0 unspecified atom stereocenters.